The van der Waals surface area contributed by atoms with Gasteiger partial charge in [0.25, 0.3) is 0 Å². The van der Waals surface area contributed by atoms with E-state index in [0.29, 0.717) is 37.7 Å². The largest absolute Gasteiger partial charge is 0.327 e. The molecule has 0 aromatic heterocycles. The number of hydrogen-bond acceptors (Lipinski definition) is 3. The second-order valence-corrected chi connectivity index (χ2v) is 9.83. The summed E-state index contributed by atoms with van der Waals surface area (Å²) in [5, 5.41) is 0.495. The van der Waals surface area contributed by atoms with Crippen LogP contribution in [0.2, 0.25) is 10.0 Å². The van der Waals surface area contributed by atoms with Gasteiger partial charge in [0.2, 0.25) is 10.0 Å². The number of hydrogen-bond donors (Lipinski definition) is 1. The SMILES string of the molecule is CC(C)(C)C(=O)C[NH+]1CCN(S(=O)(=O)c2cc(Cl)ccc2Cl)CC1. The number of carbonyl (C=O) groups excluding carboxylic acids is 1. The minimum Gasteiger partial charge on any atom is -0.327 e. The molecule has 0 unspecified atom stereocenters. The van der Waals surface area contributed by atoms with Crippen molar-refractivity contribution in [1.82, 2.24) is 4.31 Å². The Balaban J connectivity index is 2.06. The molecule has 0 atom stereocenters. The maximum atomic E-state index is 12.8. The van der Waals surface area contributed by atoms with Crippen LogP contribution in [0, 0.1) is 5.41 Å². The minimum atomic E-state index is -3.68. The van der Waals surface area contributed by atoms with E-state index in [-0.39, 0.29) is 21.1 Å². The van der Waals surface area contributed by atoms with Gasteiger partial charge in [0.15, 0.2) is 5.78 Å². The van der Waals surface area contributed by atoms with E-state index in [1.54, 1.807) is 6.07 Å². The van der Waals surface area contributed by atoms with Crippen LogP contribution in [-0.4, -0.2) is 51.2 Å². The van der Waals surface area contributed by atoms with Gasteiger partial charge in [0, 0.05) is 10.4 Å². The Labute approximate surface area is 153 Å². The molecule has 0 saturated carbocycles. The molecule has 24 heavy (non-hydrogen) atoms. The lowest BCUT2D eigenvalue weighted by Crippen LogP contribution is -3.15. The smallest absolute Gasteiger partial charge is 0.245 e. The molecule has 1 aliphatic rings. The molecular formula is C16H23Cl2N2O3S+. The quantitative estimate of drug-likeness (QED) is 0.842. The van der Waals surface area contributed by atoms with E-state index in [9.17, 15) is 13.2 Å². The molecule has 2 rings (SSSR count). The molecule has 1 saturated heterocycles. The zero-order chi connectivity index (χ0) is 18.1. The predicted molar refractivity (Wildman–Crippen MR) is 95.2 cm³/mol. The van der Waals surface area contributed by atoms with Crippen molar-refractivity contribution in [2.75, 3.05) is 32.7 Å². The standard InChI is InChI=1S/C16H22Cl2N2O3S/c1-16(2,3)15(21)11-19-6-8-20(9-7-19)24(22,23)14-10-12(17)4-5-13(14)18/h4-5,10H,6-9,11H2,1-3H3/p+1. The number of benzene rings is 1. The van der Waals surface area contributed by atoms with Crippen molar-refractivity contribution < 1.29 is 18.1 Å². The zero-order valence-corrected chi connectivity index (χ0v) is 16.4. The molecule has 1 aromatic carbocycles. The van der Waals surface area contributed by atoms with Crippen LogP contribution in [0.5, 0.6) is 0 Å². The Morgan fingerprint density at radius 2 is 1.79 bits per heavy atom. The van der Waals surface area contributed by atoms with Crippen molar-refractivity contribution in [3.05, 3.63) is 28.2 Å². The number of rotatable bonds is 4. The molecule has 1 fully saturated rings. The van der Waals surface area contributed by atoms with Crippen LogP contribution in [0.15, 0.2) is 23.1 Å². The summed E-state index contributed by atoms with van der Waals surface area (Å²) in [6, 6.07) is 4.42. The van der Waals surface area contributed by atoms with Crippen molar-refractivity contribution in [3.8, 4) is 0 Å². The van der Waals surface area contributed by atoms with E-state index >= 15 is 0 Å². The number of ketones is 1. The maximum absolute atomic E-state index is 12.8. The van der Waals surface area contributed by atoms with Crippen molar-refractivity contribution in [1.29, 1.82) is 0 Å². The van der Waals surface area contributed by atoms with Gasteiger partial charge in [0.1, 0.15) is 11.4 Å². The zero-order valence-electron chi connectivity index (χ0n) is 14.1. The van der Waals surface area contributed by atoms with Crippen LogP contribution < -0.4 is 4.90 Å². The summed E-state index contributed by atoms with van der Waals surface area (Å²) in [5.74, 6) is 0.187. The van der Waals surface area contributed by atoms with Crippen molar-refractivity contribution in [3.63, 3.8) is 0 Å². The van der Waals surface area contributed by atoms with E-state index in [4.69, 9.17) is 23.2 Å². The Hall–Kier alpha value is -0.660. The maximum Gasteiger partial charge on any atom is 0.245 e. The van der Waals surface area contributed by atoms with Crippen LogP contribution in [0.1, 0.15) is 20.8 Å². The molecule has 5 nitrogen and oxygen atoms in total. The van der Waals surface area contributed by atoms with E-state index in [2.05, 4.69) is 0 Å². The second-order valence-electron chi connectivity index (χ2n) is 7.08. The number of Topliss-reactive ketones (excluding diaryl/α,β-unsaturated/α-hetero) is 1. The molecule has 1 heterocycles. The molecule has 1 aromatic rings. The number of nitrogens with zero attached hydrogens (tertiary/aromatic N) is 1. The molecular weight excluding hydrogens is 371 g/mol. The normalized spacial score (nSPS) is 17.9. The van der Waals surface area contributed by atoms with Crippen LogP contribution in [0.3, 0.4) is 0 Å². The molecule has 0 spiro atoms. The van der Waals surface area contributed by atoms with Gasteiger partial charge in [0.05, 0.1) is 31.2 Å². The van der Waals surface area contributed by atoms with Gasteiger partial charge in [-0.05, 0) is 18.2 Å². The lowest BCUT2D eigenvalue weighted by atomic mass is 9.90. The molecule has 8 heteroatoms. The average Bonchev–Trinajstić information content (AvgIpc) is 2.49. The fourth-order valence-electron chi connectivity index (χ4n) is 2.53. The molecule has 134 valence electrons. The van der Waals surface area contributed by atoms with Crippen LogP contribution in [0.4, 0.5) is 0 Å². The first-order chi connectivity index (χ1) is 11.0. The topological polar surface area (TPSA) is 58.9 Å². The number of carbonyl (C=O) groups is 1. The molecule has 0 aliphatic carbocycles. The third kappa shape index (κ3) is 4.49. The number of nitrogens with one attached hydrogen (secondary N) is 1. The number of quaternary nitrogens is 1. The highest BCUT2D eigenvalue weighted by molar-refractivity contribution is 7.89. The lowest BCUT2D eigenvalue weighted by molar-refractivity contribution is -0.895. The van der Waals surface area contributed by atoms with E-state index in [0.717, 1.165) is 4.90 Å². The highest BCUT2D eigenvalue weighted by Gasteiger charge is 2.34. The van der Waals surface area contributed by atoms with E-state index < -0.39 is 10.0 Å². The summed E-state index contributed by atoms with van der Waals surface area (Å²) in [5.41, 5.74) is -0.371. The van der Waals surface area contributed by atoms with Crippen LogP contribution in [0.25, 0.3) is 0 Å². The molecule has 0 amide bonds. The Kier molecular flexibility index (Phi) is 5.98. The monoisotopic (exact) mass is 393 g/mol. The Bertz CT molecular complexity index is 721. The van der Waals surface area contributed by atoms with Gasteiger partial charge < -0.3 is 4.90 Å². The van der Waals surface area contributed by atoms with Gasteiger partial charge in [-0.15, -0.1) is 0 Å². The van der Waals surface area contributed by atoms with Crippen molar-refractivity contribution in [2.24, 2.45) is 5.41 Å². The third-order valence-electron chi connectivity index (χ3n) is 4.19. The van der Waals surface area contributed by atoms with Crippen molar-refractivity contribution >= 4 is 39.0 Å². The summed E-state index contributed by atoms with van der Waals surface area (Å²) >= 11 is 11.9. The fourth-order valence-corrected chi connectivity index (χ4v) is 4.70. The number of sulfonamides is 1. The van der Waals surface area contributed by atoms with Gasteiger partial charge in [-0.1, -0.05) is 44.0 Å². The Morgan fingerprint density at radius 1 is 1.21 bits per heavy atom. The number of piperazine rings is 1. The lowest BCUT2D eigenvalue weighted by Gasteiger charge is -2.32. The Morgan fingerprint density at radius 3 is 2.33 bits per heavy atom. The van der Waals surface area contributed by atoms with Gasteiger partial charge in [-0.3, -0.25) is 4.79 Å². The molecule has 1 aliphatic heterocycles. The van der Waals surface area contributed by atoms with Gasteiger partial charge in [-0.2, -0.15) is 4.31 Å². The first-order valence-electron chi connectivity index (χ1n) is 7.84. The summed E-state index contributed by atoms with van der Waals surface area (Å²) in [6.45, 7) is 8.04. The van der Waals surface area contributed by atoms with E-state index in [1.807, 2.05) is 20.8 Å². The first-order valence-corrected chi connectivity index (χ1v) is 10.0. The fraction of sp³-hybridized carbons (Fsp3) is 0.562. The highest BCUT2D eigenvalue weighted by atomic mass is 35.5. The molecule has 1 N–H and O–H groups in total. The third-order valence-corrected chi connectivity index (χ3v) is 6.80. The average molecular weight is 394 g/mol. The highest BCUT2D eigenvalue weighted by Crippen LogP contribution is 2.27. The van der Waals surface area contributed by atoms with Gasteiger partial charge >= 0.3 is 0 Å². The van der Waals surface area contributed by atoms with Gasteiger partial charge in [-0.25, -0.2) is 8.42 Å². The molecule has 0 radical (unpaired) electrons. The summed E-state index contributed by atoms with van der Waals surface area (Å²) in [7, 11) is -3.68. The van der Waals surface area contributed by atoms with Crippen LogP contribution >= 0.6 is 23.2 Å². The predicted octanol–water partition coefficient (Wildman–Crippen LogP) is 1.50. The molecule has 0 bridgehead atoms. The van der Waals surface area contributed by atoms with E-state index in [1.165, 1.54) is 16.4 Å². The summed E-state index contributed by atoms with van der Waals surface area (Å²) in [6.07, 6.45) is 0. The second kappa shape index (κ2) is 7.30. The van der Waals surface area contributed by atoms with Crippen LogP contribution in [-0.2, 0) is 14.8 Å². The summed E-state index contributed by atoms with van der Waals surface area (Å²) < 4.78 is 26.9. The first kappa shape index (κ1) is 19.7. The minimum absolute atomic E-state index is 0.0332. The number of halogens is 2. The summed E-state index contributed by atoms with van der Waals surface area (Å²) in [4.78, 5) is 13.3. The van der Waals surface area contributed by atoms with Crippen molar-refractivity contribution in [2.45, 2.75) is 25.7 Å².